The molecule has 0 aliphatic rings. The van der Waals surface area contributed by atoms with E-state index in [1.54, 1.807) is 12.1 Å². The molecule has 3 rings (SSSR count). The maximum Gasteiger partial charge on any atom is 0.242 e. The van der Waals surface area contributed by atoms with Crippen LogP contribution in [0.15, 0.2) is 47.1 Å². The molecule has 0 aliphatic heterocycles. The molecule has 114 valence electrons. The molecule has 0 saturated carbocycles. The maximum absolute atomic E-state index is 9.46. The fourth-order valence-corrected chi connectivity index (χ4v) is 2.13. The molecule has 0 spiro atoms. The van der Waals surface area contributed by atoms with Crippen LogP contribution in [-0.2, 0) is 6.42 Å². The largest absolute Gasteiger partial charge is 0.463 e. The lowest BCUT2D eigenvalue weighted by Gasteiger charge is -2.09. The van der Waals surface area contributed by atoms with E-state index in [-0.39, 0.29) is 17.4 Å². The highest BCUT2D eigenvalue weighted by Crippen LogP contribution is 2.31. The fourth-order valence-electron chi connectivity index (χ4n) is 2.13. The zero-order chi connectivity index (χ0) is 16.2. The molecule has 3 aromatic rings. The number of ether oxygens (including phenoxy) is 1. The minimum absolute atomic E-state index is 0.00979. The molecule has 0 radical (unpaired) electrons. The van der Waals surface area contributed by atoms with Crippen molar-refractivity contribution in [2.45, 2.75) is 13.3 Å². The minimum atomic E-state index is 0.00979. The lowest BCUT2D eigenvalue weighted by molar-refractivity contribution is 0.460. The fraction of sp³-hybridized carbons (Fsp3) is 0.118. The predicted molar refractivity (Wildman–Crippen MR) is 84.8 cm³/mol. The third-order valence-electron chi connectivity index (χ3n) is 3.31. The van der Waals surface area contributed by atoms with E-state index >= 15 is 0 Å². The van der Waals surface area contributed by atoms with Crippen molar-refractivity contribution >= 4 is 5.95 Å². The predicted octanol–water partition coefficient (Wildman–Crippen LogP) is 3.55. The second-order valence-electron chi connectivity index (χ2n) is 4.80. The third kappa shape index (κ3) is 2.99. The normalized spacial score (nSPS) is 10.3. The van der Waals surface area contributed by atoms with Gasteiger partial charge in [-0.15, -0.1) is 0 Å². The summed E-state index contributed by atoms with van der Waals surface area (Å²) in [5, 5.41) is 9.46. The van der Waals surface area contributed by atoms with Gasteiger partial charge in [-0.3, -0.25) is 0 Å². The van der Waals surface area contributed by atoms with Gasteiger partial charge in [-0.25, -0.2) is 4.98 Å². The van der Waals surface area contributed by atoms with Crippen LogP contribution in [0.4, 0.5) is 5.95 Å². The lowest BCUT2D eigenvalue weighted by atomic mass is 10.1. The number of nitrogens with zero attached hydrogens (tertiary/aromatic N) is 3. The molecular weight excluding hydrogens is 292 g/mol. The van der Waals surface area contributed by atoms with Crippen molar-refractivity contribution in [1.82, 2.24) is 9.97 Å². The Morgan fingerprint density at radius 2 is 2.00 bits per heavy atom. The van der Waals surface area contributed by atoms with E-state index in [0.717, 1.165) is 6.42 Å². The molecule has 0 fully saturated rings. The van der Waals surface area contributed by atoms with Gasteiger partial charge in [-0.05, 0) is 36.2 Å². The Hall–Kier alpha value is -3.33. The summed E-state index contributed by atoms with van der Waals surface area (Å²) in [7, 11) is 0. The number of rotatable bonds is 4. The van der Waals surface area contributed by atoms with Crippen molar-refractivity contribution in [2.24, 2.45) is 0 Å². The van der Waals surface area contributed by atoms with Crippen molar-refractivity contribution in [2.75, 3.05) is 5.73 Å². The average molecular weight is 306 g/mol. The lowest BCUT2D eigenvalue weighted by Crippen LogP contribution is -2.03. The summed E-state index contributed by atoms with van der Waals surface area (Å²) in [6.45, 7) is 2.07. The van der Waals surface area contributed by atoms with Gasteiger partial charge in [0.05, 0.1) is 6.26 Å². The average Bonchev–Trinajstić information content (AvgIpc) is 3.09. The van der Waals surface area contributed by atoms with Gasteiger partial charge in [-0.1, -0.05) is 19.1 Å². The highest BCUT2D eigenvalue weighted by atomic mass is 16.5. The van der Waals surface area contributed by atoms with E-state index in [1.807, 2.05) is 24.3 Å². The summed E-state index contributed by atoms with van der Waals surface area (Å²) < 4.78 is 11.0. The van der Waals surface area contributed by atoms with Crippen LogP contribution in [0.2, 0.25) is 0 Å². The molecule has 0 bridgehead atoms. The number of hydrogen-bond donors (Lipinski definition) is 1. The summed E-state index contributed by atoms with van der Waals surface area (Å²) in [5.74, 6) is 1.12. The van der Waals surface area contributed by atoms with E-state index in [1.165, 1.54) is 11.8 Å². The number of nitrogen functional groups attached to an aromatic ring is 1. The zero-order valence-electron chi connectivity index (χ0n) is 12.5. The number of nitrogens with two attached hydrogens (primary N) is 1. The Morgan fingerprint density at radius 3 is 2.61 bits per heavy atom. The Kier molecular flexibility index (Phi) is 3.93. The van der Waals surface area contributed by atoms with Crippen molar-refractivity contribution in [1.29, 1.82) is 5.26 Å². The summed E-state index contributed by atoms with van der Waals surface area (Å²) in [6, 6.07) is 13.0. The van der Waals surface area contributed by atoms with Gasteiger partial charge in [0, 0.05) is 0 Å². The van der Waals surface area contributed by atoms with E-state index in [2.05, 4.69) is 23.0 Å². The summed E-state index contributed by atoms with van der Waals surface area (Å²) in [6.07, 6.45) is 2.44. The first-order chi connectivity index (χ1) is 11.2. The van der Waals surface area contributed by atoms with Crippen LogP contribution in [0, 0.1) is 11.3 Å². The molecule has 6 heteroatoms. The molecule has 0 unspecified atom stereocenters. The molecule has 2 N–H and O–H groups in total. The van der Waals surface area contributed by atoms with Gasteiger partial charge in [0.1, 0.15) is 23.1 Å². The van der Waals surface area contributed by atoms with Crippen molar-refractivity contribution in [3.8, 4) is 29.2 Å². The zero-order valence-corrected chi connectivity index (χ0v) is 12.5. The SMILES string of the molecule is CCc1ccc(Oc2nc(N)nc(-c3ccco3)c2C#N)cc1. The van der Waals surface area contributed by atoms with Gasteiger partial charge in [0.15, 0.2) is 5.76 Å². The monoisotopic (exact) mass is 306 g/mol. The van der Waals surface area contributed by atoms with Gasteiger partial charge >= 0.3 is 0 Å². The van der Waals surface area contributed by atoms with Crippen molar-refractivity contribution < 1.29 is 9.15 Å². The molecule has 1 aromatic carbocycles. The first-order valence-corrected chi connectivity index (χ1v) is 7.09. The highest BCUT2D eigenvalue weighted by molar-refractivity contribution is 5.66. The topological polar surface area (TPSA) is 98.0 Å². The number of hydrogen-bond acceptors (Lipinski definition) is 6. The van der Waals surface area contributed by atoms with Gasteiger partial charge in [0.2, 0.25) is 11.8 Å². The number of aryl methyl sites for hydroxylation is 1. The van der Waals surface area contributed by atoms with Crippen LogP contribution in [0.5, 0.6) is 11.6 Å². The molecule has 0 aliphatic carbocycles. The summed E-state index contributed by atoms with van der Waals surface area (Å²) in [4.78, 5) is 8.12. The minimum Gasteiger partial charge on any atom is -0.463 e. The second kappa shape index (κ2) is 6.20. The number of anilines is 1. The molecule has 0 amide bonds. The first kappa shape index (κ1) is 14.6. The van der Waals surface area contributed by atoms with Gasteiger partial charge in [0.25, 0.3) is 0 Å². The van der Waals surface area contributed by atoms with Crippen LogP contribution in [0.25, 0.3) is 11.5 Å². The van der Waals surface area contributed by atoms with E-state index in [4.69, 9.17) is 14.9 Å². The Bertz CT molecular complexity index is 850. The Morgan fingerprint density at radius 1 is 1.22 bits per heavy atom. The number of nitriles is 1. The number of aromatic nitrogens is 2. The number of furan rings is 1. The van der Waals surface area contributed by atoms with E-state index in [0.29, 0.717) is 17.2 Å². The molecule has 0 saturated heterocycles. The molecule has 6 nitrogen and oxygen atoms in total. The molecule has 23 heavy (non-hydrogen) atoms. The Balaban J connectivity index is 2.03. The highest BCUT2D eigenvalue weighted by Gasteiger charge is 2.18. The van der Waals surface area contributed by atoms with Crippen LogP contribution >= 0.6 is 0 Å². The van der Waals surface area contributed by atoms with Crippen molar-refractivity contribution in [3.63, 3.8) is 0 Å². The standard InChI is InChI=1S/C17H14N4O2/c1-2-11-5-7-12(8-6-11)23-16-13(10-18)15(20-17(19)21-16)14-4-3-9-22-14/h3-9H,2H2,1H3,(H2,19,20,21). The van der Waals surface area contributed by atoms with Crippen LogP contribution < -0.4 is 10.5 Å². The smallest absolute Gasteiger partial charge is 0.242 e. The quantitative estimate of drug-likeness (QED) is 0.791. The van der Waals surface area contributed by atoms with Crippen molar-refractivity contribution in [3.05, 3.63) is 53.8 Å². The molecule has 0 atom stereocenters. The van der Waals surface area contributed by atoms with Gasteiger partial charge in [-0.2, -0.15) is 10.2 Å². The maximum atomic E-state index is 9.46. The molecular formula is C17H14N4O2. The van der Waals surface area contributed by atoms with Gasteiger partial charge < -0.3 is 14.9 Å². The van der Waals surface area contributed by atoms with Crippen LogP contribution in [0.3, 0.4) is 0 Å². The third-order valence-corrected chi connectivity index (χ3v) is 3.31. The summed E-state index contributed by atoms with van der Waals surface area (Å²) >= 11 is 0. The molecule has 2 aromatic heterocycles. The van der Waals surface area contributed by atoms with Crippen LogP contribution in [0.1, 0.15) is 18.1 Å². The number of benzene rings is 1. The van der Waals surface area contributed by atoms with E-state index in [9.17, 15) is 5.26 Å². The molecule has 2 heterocycles. The first-order valence-electron chi connectivity index (χ1n) is 7.09. The second-order valence-corrected chi connectivity index (χ2v) is 4.80. The Labute approximate surface area is 133 Å². The van der Waals surface area contributed by atoms with Crippen LogP contribution in [-0.4, -0.2) is 9.97 Å². The van der Waals surface area contributed by atoms with E-state index < -0.39 is 0 Å². The summed E-state index contributed by atoms with van der Waals surface area (Å²) in [5.41, 5.74) is 7.41.